The summed E-state index contributed by atoms with van der Waals surface area (Å²) in [6.45, 7) is 0. The maximum absolute atomic E-state index is 12.6. The molecule has 0 aliphatic rings. The van der Waals surface area contributed by atoms with Crippen LogP contribution in [0.25, 0.3) is 0 Å². The third kappa shape index (κ3) is 1.91. The van der Waals surface area contributed by atoms with Crippen LogP contribution >= 0.6 is 0 Å². The number of methoxy groups -OCH3 is 1. The standard InChI is InChI=1S/C9H6F2N2O3/c1-16-9(15)5-4(2-12)3-13-8(14)6(5)7(10)11/h3,7H,1H3,(H,13,14). The van der Waals surface area contributed by atoms with E-state index in [0.29, 0.717) is 0 Å². The molecular weight excluding hydrogens is 222 g/mol. The molecule has 0 aliphatic heterocycles. The molecule has 5 nitrogen and oxygen atoms in total. The Hall–Kier alpha value is -2.23. The van der Waals surface area contributed by atoms with E-state index in [1.54, 1.807) is 0 Å². The zero-order chi connectivity index (χ0) is 12.3. The Morgan fingerprint density at radius 1 is 1.62 bits per heavy atom. The molecule has 1 N–H and O–H groups in total. The van der Waals surface area contributed by atoms with Crippen LogP contribution < -0.4 is 5.56 Å². The van der Waals surface area contributed by atoms with Crippen molar-refractivity contribution in [3.05, 3.63) is 33.2 Å². The average molecular weight is 228 g/mol. The van der Waals surface area contributed by atoms with Gasteiger partial charge in [0, 0.05) is 6.20 Å². The van der Waals surface area contributed by atoms with Gasteiger partial charge < -0.3 is 9.72 Å². The van der Waals surface area contributed by atoms with E-state index < -0.39 is 29.1 Å². The average Bonchev–Trinajstić information content (AvgIpc) is 2.27. The zero-order valence-electron chi connectivity index (χ0n) is 8.08. The van der Waals surface area contributed by atoms with Gasteiger partial charge in [0.05, 0.1) is 23.8 Å². The number of nitrogens with one attached hydrogen (secondary N) is 1. The summed E-state index contributed by atoms with van der Waals surface area (Å²) >= 11 is 0. The van der Waals surface area contributed by atoms with E-state index in [2.05, 4.69) is 4.74 Å². The number of hydrogen-bond donors (Lipinski definition) is 1. The van der Waals surface area contributed by atoms with Gasteiger partial charge in [0.25, 0.3) is 12.0 Å². The summed E-state index contributed by atoms with van der Waals surface area (Å²) in [4.78, 5) is 24.3. The summed E-state index contributed by atoms with van der Waals surface area (Å²) < 4.78 is 29.4. The van der Waals surface area contributed by atoms with E-state index in [4.69, 9.17) is 5.26 Å². The highest BCUT2D eigenvalue weighted by Gasteiger charge is 2.26. The quantitative estimate of drug-likeness (QED) is 0.764. The maximum atomic E-state index is 12.6. The second-order valence-corrected chi connectivity index (χ2v) is 2.72. The first-order valence-electron chi connectivity index (χ1n) is 4.05. The number of nitrogens with zero attached hydrogens (tertiary/aromatic N) is 1. The van der Waals surface area contributed by atoms with Crippen LogP contribution in [0.3, 0.4) is 0 Å². The van der Waals surface area contributed by atoms with Crippen molar-refractivity contribution in [3.8, 4) is 6.07 Å². The molecule has 7 heteroatoms. The minimum atomic E-state index is -3.16. The number of alkyl halides is 2. The molecule has 0 atom stereocenters. The molecule has 0 spiro atoms. The molecule has 0 fully saturated rings. The van der Waals surface area contributed by atoms with Crippen molar-refractivity contribution in [2.75, 3.05) is 7.11 Å². The van der Waals surface area contributed by atoms with E-state index in [0.717, 1.165) is 13.3 Å². The first kappa shape index (κ1) is 11.8. The Balaban J connectivity index is 3.64. The topological polar surface area (TPSA) is 82.9 Å². The minimum Gasteiger partial charge on any atom is -0.465 e. The molecular formula is C9H6F2N2O3. The normalized spacial score (nSPS) is 9.94. The molecule has 1 rings (SSSR count). The van der Waals surface area contributed by atoms with Crippen LogP contribution in [0, 0.1) is 11.3 Å². The highest BCUT2D eigenvalue weighted by Crippen LogP contribution is 2.21. The van der Waals surface area contributed by atoms with Gasteiger partial charge >= 0.3 is 5.97 Å². The molecule has 16 heavy (non-hydrogen) atoms. The number of nitriles is 1. The fourth-order valence-corrected chi connectivity index (χ4v) is 1.16. The van der Waals surface area contributed by atoms with Crippen LogP contribution in [-0.4, -0.2) is 18.1 Å². The van der Waals surface area contributed by atoms with Crippen molar-refractivity contribution in [3.63, 3.8) is 0 Å². The second kappa shape index (κ2) is 4.53. The summed E-state index contributed by atoms with van der Waals surface area (Å²) in [7, 11) is 0.972. The lowest BCUT2D eigenvalue weighted by Crippen LogP contribution is -2.21. The van der Waals surface area contributed by atoms with Crippen molar-refractivity contribution in [1.29, 1.82) is 5.26 Å². The highest BCUT2D eigenvalue weighted by atomic mass is 19.3. The molecule has 84 valence electrons. The van der Waals surface area contributed by atoms with Gasteiger partial charge in [-0.2, -0.15) is 5.26 Å². The van der Waals surface area contributed by atoms with Crippen LogP contribution in [0.1, 0.15) is 27.9 Å². The lowest BCUT2D eigenvalue weighted by molar-refractivity contribution is 0.0588. The Morgan fingerprint density at radius 3 is 2.69 bits per heavy atom. The minimum absolute atomic E-state index is 0.359. The van der Waals surface area contributed by atoms with Crippen LogP contribution in [0.15, 0.2) is 11.0 Å². The van der Waals surface area contributed by atoms with Gasteiger partial charge in [-0.05, 0) is 0 Å². The van der Waals surface area contributed by atoms with Crippen LogP contribution in [-0.2, 0) is 4.74 Å². The van der Waals surface area contributed by atoms with Gasteiger partial charge in [0.1, 0.15) is 6.07 Å². The molecule has 0 aromatic carbocycles. The molecule has 0 bridgehead atoms. The Labute approximate surface area is 88.3 Å². The fraction of sp³-hybridized carbons (Fsp3) is 0.222. The molecule has 0 aliphatic carbocycles. The third-order valence-electron chi connectivity index (χ3n) is 1.86. The van der Waals surface area contributed by atoms with Crippen molar-refractivity contribution in [2.45, 2.75) is 6.43 Å². The first-order chi connectivity index (χ1) is 7.52. The van der Waals surface area contributed by atoms with Crippen molar-refractivity contribution >= 4 is 5.97 Å². The smallest absolute Gasteiger partial charge is 0.339 e. The zero-order valence-corrected chi connectivity index (χ0v) is 8.08. The number of rotatable bonds is 2. The van der Waals surface area contributed by atoms with E-state index in [1.165, 1.54) is 6.07 Å². The lowest BCUT2D eigenvalue weighted by atomic mass is 10.1. The lowest BCUT2D eigenvalue weighted by Gasteiger charge is -2.07. The Kier molecular flexibility index (Phi) is 3.35. The van der Waals surface area contributed by atoms with Gasteiger partial charge in [0.15, 0.2) is 0 Å². The van der Waals surface area contributed by atoms with E-state index in [1.807, 2.05) is 4.98 Å². The van der Waals surface area contributed by atoms with Crippen LogP contribution in [0.5, 0.6) is 0 Å². The van der Waals surface area contributed by atoms with Crippen molar-refractivity contribution < 1.29 is 18.3 Å². The summed E-state index contributed by atoms with van der Waals surface area (Å²) in [5.74, 6) is -1.14. The number of halogens is 2. The number of aromatic amines is 1. The predicted molar refractivity (Wildman–Crippen MR) is 48.1 cm³/mol. The SMILES string of the molecule is COC(=O)c1c(C#N)c[nH]c(=O)c1C(F)F. The number of esters is 1. The summed E-state index contributed by atoms with van der Waals surface area (Å²) in [5.41, 5.74) is -3.22. The number of H-pyrrole nitrogens is 1. The highest BCUT2D eigenvalue weighted by molar-refractivity contribution is 5.93. The number of ether oxygens (including phenoxy) is 1. The molecule has 0 radical (unpaired) electrons. The number of carbonyl (C=O) groups is 1. The van der Waals surface area contributed by atoms with Crippen molar-refractivity contribution in [1.82, 2.24) is 4.98 Å². The van der Waals surface area contributed by atoms with Gasteiger partial charge in [-0.3, -0.25) is 4.79 Å². The molecule has 0 amide bonds. The first-order valence-corrected chi connectivity index (χ1v) is 4.05. The summed E-state index contributed by atoms with van der Waals surface area (Å²) in [6, 6.07) is 1.53. The van der Waals surface area contributed by atoms with Gasteiger partial charge in [-0.1, -0.05) is 0 Å². The number of carbonyl (C=O) groups excluding carboxylic acids is 1. The predicted octanol–water partition coefficient (Wildman–Crippen LogP) is 0.971. The summed E-state index contributed by atoms with van der Waals surface area (Å²) in [5, 5.41) is 8.64. The number of pyridine rings is 1. The van der Waals surface area contributed by atoms with Gasteiger partial charge in [-0.25, -0.2) is 13.6 Å². The van der Waals surface area contributed by atoms with Crippen LogP contribution in [0.2, 0.25) is 0 Å². The molecule has 1 aromatic heterocycles. The summed E-state index contributed by atoms with van der Waals surface area (Å²) in [6.07, 6.45) is -2.27. The van der Waals surface area contributed by atoms with E-state index in [-0.39, 0.29) is 5.56 Å². The maximum Gasteiger partial charge on any atom is 0.339 e. The van der Waals surface area contributed by atoms with Crippen LogP contribution in [0.4, 0.5) is 8.78 Å². The van der Waals surface area contributed by atoms with Gasteiger partial charge in [0.2, 0.25) is 0 Å². The molecule has 0 saturated carbocycles. The number of hydrogen-bond acceptors (Lipinski definition) is 4. The monoisotopic (exact) mass is 228 g/mol. The fourth-order valence-electron chi connectivity index (χ4n) is 1.16. The van der Waals surface area contributed by atoms with E-state index >= 15 is 0 Å². The van der Waals surface area contributed by atoms with Crippen molar-refractivity contribution in [2.24, 2.45) is 0 Å². The Bertz CT molecular complexity index is 516. The van der Waals surface area contributed by atoms with E-state index in [9.17, 15) is 18.4 Å². The Morgan fingerprint density at radius 2 is 2.25 bits per heavy atom. The second-order valence-electron chi connectivity index (χ2n) is 2.72. The number of aromatic nitrogens is 1. The largest absolute Gasteiger partial charge is 0.465 e. The molecule has 1 aromatic rings. The molecule has 1 heterocycles. The van der Waals surface area contributed by atoms with Gasteiger partial charge in [-0.15, -0.1) is 0 Å². The molecule has 0 unspecified atom stereocenters. The third-order valence-corrected chi connectivity index (χ3v) is 1.86. The molecule has 0 saturated heterocycles.